The number of benzene rings is 1. The number of fused-ring (bicyclic) bond motifs is 1. The van der Waals surface area contributed by atoms with Gasteiger partial charge in [-0.05, 0) is 50.6 Å². The molecule has 0 radical (unpaired) electrons. The molecule has 1 saturated heterocycles. The van der Waals surface area contributed by atoms with E-state index in [2.05, 4.69) is 21.4 Å². The molecule has 0 saturated carbocycles. The number of nitrogens with one attached hydrogen (secondary N) is 2. The van der Waals surface area contributed by atoms with Gasteiger partial charge in [0.15, 0.2) is 0 Å². The number of carbonyl (C=O) groups excluding carboxylic acids is 2. The second-order valence-electron chi connectivity index (χ2n) is 8.56. The number of pyridine rings is 1. The van der Waals surface area contributed by atoms with Gasteiger partial charge < -0.3 is 19.9 Å². The van der Waals surface area contributed by atoms with Crippen molar-refractivity contribution < 1.29 is 14.3 Å². The van der Waals surface area contributed by atoms with E-state index in [0.717, 1.165) is 23.1 Å². The minimum Gasteiger partial charge on any atom is -0.379 e. The predicted molar refractivity (Wildman–Crippen MR) is 119 cm³/mol. The van der Waals surface area contributed by atoms with Gasteiger partial charge >= 0.3 is 0 Å². The third-order valence-electron chi connectivity index (χ3n) is 5.59. The molecule has 0 aliphatic carbocycles. The van der Waals surface area contributed by atoms with Crippen LogP contribution in [0.2, 0.25) is 0 Å². The summed E-state index contributed by atoms with van der Waals surface area (Å²) in [5, 5.41) is 3.96. The Morgan fingerprint density at radius 2 is 2.00 bits per heavy atom. The maximum Gasteiger partial charge on any atom is 0.252 e. The largest absolute Gasteiger partial charge is 0.379 e. The fourth-order valence-electron chi connectivity index (χ4n) is 3.96. The van der Waals surface area contributed by atoms with E-state index >= 15 is 0 Å². The number of H-pyrrole nitrogens is 1. The number of amides is 2. The molecule has 0 unspecified atom stereocenters. The Morgan fingerprint density at radius 3 is 2.81 bits per heavy atom. The summed E-state index contributed by atoms with van der Waals surface area (Å²) < 4.78 is 5.78. The van der Waals surface area contributed by atoms with Gasteiger partial charge in [-0.1, -0.05) is 18.2 Å². The van der Waals surface area contributed by atoms with Crippen molar-refractivity contribution >= 4 is 22.8 Å². The highest BCUT2D eigenvalue weighted by atomic mass is 16.5. The van der Waals surface area contributed by atoms with Crippen LogP contribution in [0.25, 0.3) is 11.0 Å². The Labute approximate surface area is 181 Å². The highest BCUT2D eigenvalue weighted by molar-refractivity contribution is 5.98. The minimum atomic E-state index is -1.02. The number of nitrogens with zero attached hydrogens (tertiary/aromatic N) is 2. The van der Waals surface area contributed by atoms with Crippen LogP contribution >= 0.6 is 0 Å². The first kappa shape index (κ1) is 21.1. The first-order chi connectivity index (χ1) is 14.9. The zero-order valence-corrected chi connectivity index (χ0v) is 17.9. The Balaban J connectivity index is 1.43. The molecule has 0 bridgehead atoms. The van der Waals surface area contributed by atoms with Gasteiger partial charge in [-0.15, -0.1) is 0 Å². The molecule has 1 atom stereocenters. The number of hydrogen-bond acceptors (Lipinski definition) is 4. The van der Waals surface area contributed by atoms with E-state index in [1.807, 2.05) is 24.4 Å². The first-order valence-electron chi connectivity index (χ1n) is 10.6. The monoisotopic (exact) mass is 420 g/mol. The standard InChI is InChI=1S/C24H28N4O3/c1-24(2,27-22(29)19-6-4-3-5-7-19)23(30)28-12-13-31-16-17(15-28)14-20-9-8-18-10-11-25-21(18)26-20/h3-11,17H,12-16H2,1-2H3,(H,25,26)(H,27,29)/t17-/m1/s1. The second kappa shape index (κ2) is 8.89. The van der Waals surface area contributed by atoms with E-state index < -0.39 is 5.54 Å². The molecule has 2 N–H and O–H groups in total. The van der Waals surface area contributed by atoms with Crippen molar-refractivity contribution in [3.63, 3.8) is 0 Å². The van der Waals surface area contributed by atoms with Crippen LogP contribution < -0.4 is 5.32 Å². The summed E-state index contributed by atoms with van der Waals surface area (Å²) >= 11 is 0. The molecule has 1 aromatic carbocycles. The van der Waals surface area contributed by atoms with Gasteiger partial charge in [-0.25, -0.2) is 4.98 Å². The van der Waals surface area contributed by atoms with Crippen molar-refractivity contribution in [1.82, 2.24) is 20.2 Å². The van der Waals surface area contributed by atoms with Crippen LogP contribution in [0.1, 0.15) is 29.9 Å². The fourth-order valence-corrected chi connectivity index (χ4v) is 3.96. The second-order valence-corrected chi connectivity index (χ2v) is 8.56. The smallest absolute Gasteiger partial charge is 0.252 e. The van der Waals surface area contributed by atoms with Gasteiger partial charge in [-0.2, -0.15) is 0 Å². The third kappa shape index (κ3) is 4.94. The summed E-state index contributed by atoms with van der Waals surface area (Å²) in [7, 11) is 0. The quantitative estimate of drug-likeness (QED) is 0.665. The van der Waals surface area contributed by atoms with Crippen molar-refractivity contribution in [3.05, 3.63) is 66.0 Å². The SMILES string of the molecule is CC(C)(NC(=O)c1ccccc1)C(=O)N1CCOC[C@H](Cc2ccc3cc[nH]c3n2)C1. The van der Waals surface area contributed by atoms with E-state index in [9.17, 15) is 9.59 Å². The summed E-state index contributed by atoms with van der Waals surface area (Å²) in [6, 6.07) is 15.0. The zero-order chi connectivity index (χ0) is 21.8. The molecule has 0 spiro atoms. The molecule has 31 heavy (non-hydrogen) atoms. The Morgan fingerprint density at radius 1 is 1.19 bits per heavy atom. The van der Waals surface area contributed by atoms with Gasteiger partial charge in [0.05, 0.1) is 13.2 Å². The number of rotatable bonds is 5. The zero-order valence-electron chi connectivity index (χ0n) is 17.9. The third-order valence-corrected chi connectivity index (χ3v) is 5.59. The maximum atomic E-state index is 13.3. The van der Waals surface area contributed by atoms with Gasteiger partial charge in [0.2, 0.25) is 5.91 Å². The topological polar surface area (TPSA) is 87.3 Å². The summed E-state index contributed by atoms with van der Waals surface area (Å²) in [5.41, 5.74) is 1.34. The Bertz CT molecular complexity index is 1060. The van der Waals surface area contributed by atoms with E-state index in [4.69, 9.17) is 4.74 Å². The van der Waals surface area contributed by atoms with E-state index in [1.54, 1.807) is 43.0 Å². The van der Waals surface area contributed by atoms with E-state index in [1.165, 1.54) is 0 Å². The average Bonchev–Trinajstić information content (AvgIpc) is 3.11. The lowest BCUT2D eigenvalue weighted by molar-refractivity contribution is -0.137. The van der Waals surface area contributed by atoms with Crippen LogP contribution in [-0.4, -0.2) is 58.5 Å². The number of ether oxygens (including phenoxy) is 1. The van der Waals surface area contributed by atoms with Gasteiger partial charge in [0, 0.05) is 41.8 Å². The lowest BCUT2D eigenvalue weighted by Gasteiger charge is -2.33. The van der Waals surface area contributed by atoms with E-state index in [-0.39, 0.29) is 17.7 Å². The molecule has 3 heterocycles. The molecule has 1 fully saturated rings. The van der Waals surface area contributed by atoms with Gasteiger partial charge in [0.25, 0.3) is 5.91 Å². The maximum absolute atomic E-state index is 13.3. The molecule has 7 heteroatoms. The van der Waals surface area contributed by atoms with Crippen LogP contribution in [0, 0.1) is 5.92 Å². The Hall–Kier alpha value is -3.19. The number of aromatic nitrogens is 2. The van der Waals surface area contributed by atoms with Gasteiger partial charge in [-0.3, -0.25) is 9.59 Å². The van der Waals surface area contributed by atoms with Crippen molar-refractivity contribution in [3.8, 4) is 0 Å². The van der Waals surface area contributed by atoms with Crippen molar-refractivity contribution in [1.29, 1.82) is 0 Å². The molecule has 1 aliphatic rings. The molecular weight excluding hydrogens is 392 g/mol. The minimum absolute atomic E-state index is 0.111. The molecule has 1 aliphatic heterocycles. The number of hydrogen-bond donors (Lipinski definition) is 2. The van der Waals surface area contributed by atoms with Crippen LogP contribution in [0.4, 0.5) is 0 Å². The van der Waals surface area contributed by atoms with Crippen molar-refractivity contribution in [2.75, 3.05) is 26.3 Å². The first-order valence-corrected chi connectivity index (χ1v) is 10.6. The van der Waals surface area contributed by atoms with Crippen LogP contribution in [0.3, 0.4) is 0 Å². The van der Waals surface area contributed by atoms with Crippen molar-refractivity contribution in [2.45, 2.75) is 25.8 Å². The fraction of sp³-hybridized carbons (Fsp3) is 0.375. The summed E-state index contributed by atoms with van der Waals surface area (Å²) in [6.45, 7) is 5.62. The van der Waals surface area contributed by atoms with Crippen LogP contribution in [-0.2, 0) is 16.0 Å². The molecule has 7 nitrogen and oxygen atoms in total. The number of carbonyl (C=O) groups is 2. The van der Waals surface area contributed by atoms with Crippen LogP contribution in [0.5, 0.6) is 0 Å². The molecule has 3 aromatic rings. The molecule has 2 amide bonds. The lowest BCUT2D eigenvalue weighted by Crippen LogP contribution is -2.56. The molecule has 162 valence electrons. The Kier molecular flexibility index (Phi) is 6.04. The van der Waals surface area contributed by atoms with Crippen molar-refractivity contribution in [2.24, 2.45) is 5.92 Å². The molecule has 4 rings (SSSR count). The highest BCUT2D eigenvalue weighted by Gasteiger charge is 2.35. The predicted octanol–water partition coefficient (Wildman–Crippen LogP) is 2.79. The van der Waals surface area contributed by atoms with E-state index in [0.29, 0.717) is 31.9 Å². The lowest BCUT2D eigenvalue weighted by atomic mass is 9.99. The summed E-state index contributed by atoms with van der Waals surface area (Å²) in [6.07, 6.45) is 2.60. The summed E-state index contributed by atoms with van der Waals surface area (Å²) in [5.74, 6) is -0.239. The molecule has 2 aromatic heterocycles. The number of aromatic amines is 1. The molecular formula is C24H28N4O3. The van der Waals surface area contributed by atoms with Gasteiger partial charge in [0.1, 0.15) is 11.2 Å². The van der Waals surface area contributed by atoms with Crippen LogP contribution in [0.15, 0.2) is 54.7 Å². The normalized spacial score (nSPS) is 17.4. The average molecular weight is 421 g/mol. The highest BCUT2D eigenvalue weighted by Crippen LogP contribution is 2.19. The summed E-state index contributed by atoms with van der Waals surface area (Å²) in [4.78, 5) is 35.5.